The molecule has 1 aliphatic rings. The molecular weight excluding hydrogens is 399 g/mol. The molecule has 0 spiro atoms. The van der Waals surface area contributed by atoms with Gasteiger partial charge in [-0.1, -0.05) is 12.1 Å². The number of thiophene rings is 1. The number of H-pyrrole nitrogens is 2. The standard InChI is InChI=1S/C22H17FN6S/c23-18-4-3-17(30-18)14-7-10-25-21-19(14)26-22(27-21)20-15-11-13(1-2-16(15)28-29-20)12-5-8-24-9-6-12/h1-5,7,10-11,24H,6,8-9H2,(H,28,29)(H,25,26,27). The van der Waals surface area contributed by atoms with Crippen molar-refractivity contribution < 1.29 is 4.39 Å². The van der Waals surface area contributed by atoms with Gasteiger partial charge in [-0.25, -0.2) is 9.97 Å². The van der Waals surface area contributed by atoms with Gasteiger partial charge < -0.3 is 10.3 Å². The van der Waals surface area contributed by atoms with Gasteiger partial charge in [-0.3, -0.25) is 5.10 Å². The Bertz CT molecular complexity index is 1430. The molecule has 0 bridgehead atoms. The monoisotopic (exact) mass is 416 g/mol. The first-order valence-corrected chi connectivity index (χ1v) is 10.6. The zero-order valence-electron chi connectivity index (χ0n) is 15.9. The average molecular weight is 416 g/mol. The lowest BCUT2D eigenvalue weighted by Crippen LogP contribution is -2.19. The van der Waals surface area contributed by atoms with Crippen molar-refractivity contribution in [1.82, 2.24) is 30.5 Å². The number of hydrogen-bond donors (Lipinski definition) is 3. The molecule has 0 atom stereocenters. The third-order valence-electron chi connectivity index (χ3n) is 5.45. The number of hydrogen-bond acceptors (Lipinski definition) is 5. The highest BCUT2D eigenvalue weighted by Gasteiger charge is 2.17. The van der Waals surface area contributed by atoms with Gasteiger partial charge in [0.2, 0.25) is 0 Å². The number of aromatic nitrogens is 5. The molecule has 0 unspecified atom stereocenters. The zero-order chi connectivity index (χ0) is 20.1. The van der Waals surface area contributed by atoms with Gasteiger partial charge in [0.05, 0.1) is 5.52 Å². The first-order chi connectivity index (χ1) is 14.8. The van der Waals surface area contributed by atoms with Crippen LogP contribution in [-0.2, 0) is 0 Å². The summed E-state index contributed by atoms with van der Waals surface area (Å²) in [4.78, 5) is 13.3. The molecule has 0 radical (unpaired) electrons. The number of nitrogens with one attached hydrogen (secondary N) is 3. The van der Waals surface area contributed by atoms with E-state index in [9.17, 15) is 4.39 Å². The van der Waals surface area contributed by atoms with Crippen molar-refractivity contribution in [3.05, 3.63) is 59.4 Å². The van der Waals surface area contributed by atoms with Crippen LogP contribution in [0.2, 0.25) is 0 Å². The topological polar surface area (TPSA) is 82.3 Å². The van der Waals surface area contributed by atoms with Crippen molar-refractivity contribution in [2.45, 2.75) is 6.42 Å². The normalized spacial score (nSPS) is 14.5. The maximum absolute atomic E-state index is 13.6. The molecule has 0 amide bonds. The van der Waals surface area contributed by atoms with Crippen LogP contribution >= 0.6 is 11.3 Å². The third-order valence-corrected chi connectivity index (χ3v) is 6.35. The summed E-state index contributed by atoms with van der Waals surface area (Å²) in [6.07, 6.45) is 4.96. The largest absolute Gasteiger partial charge is 0.321 e. The van der Waals surface area contributed by atoms with E-state index in [-0.39, 0.29) is 5.13 Å². The van der Waals surface area contributed by atoms with Crippen molar-refractivity contribution >= 4 is 39.0 Å². The summed E-state index contributed by atoms with van der Waals surface area (Å²) < 4.78 is 13.6. The van der Waals surface area contributed by atoms with Crippen LogP contribution in [0.4, 0.5) is 4.39 Å². The molecule has 0 aliphatic carbocycles. The summed E-state index contributed by atoms with van der Waals surface area (Å²) in [5.74, 6) is 0.643. The minimum absolute atomic E-state index is 0.219. The van der Waals surface area contributed by atoms with E-state index in [1.165, 1.54) is 17.2 Å². The van der Waals surface area contributed by atoms with E-state index >= 15 is 0 Å². The maximum Gasteiger partial charge on any atom is 0.176 e. The van der Waals surface area contributed by atoms with Crippen LogP contribution in [0.1, 0.15) is 12.0 Å². The quantitative estimate of drug-likeness (QED) is 0.397. The molecule has 4 aromatic heterocycles. The molecule has 30 heavy (non-hydrogen) atoms. The highest BCUT2D eigenvalue weighted by molar-refractivity contribution is 7.14. The molecule has 6 nitrogen and oxygen atoms in total. The second-order valence-corrected chi connectivity index (χ2v) is 8.29. The molecule has 0 fully saturated rings. The first kappa shape index (κ1) is 17.5. The molecule has 5 heterocycles. The Morgan fingerprint density at radius 3 is 2.90 bits per heavy atom. The Balaban J connectivity index is 1.49. The SMILES string of the molecule is Fc1ccc(-c2ccnc3[nH]c(-c4n[nH]c5ccc(C6=CCNCC6)cc45)nc23)s1. The molecular formula is C22H17FN6S. The van der Waals surface area contributed by atoms with E-state index in [1.807, 2.05) is 6.07 Å². The fourth-order valence-electron chi connectivity index (χ4n) is 3.96. The van der Waals surface area contributed by atoms with Gasteiger partial charge in [0.15, 0.2) is 16.6 Å². The number of aromatic amines is 2. The van der Waals surface area contributed by atoms with E-state index < -0.39 is 0 Å². The van der Waals surface area contributed by atoms with Crippen LogP contribution in [0.15, 0.2) is 48.7 Å². The summed E-state index contributed by atoms with van der Waals surface area (Å²) in [5.41, 5.74) is 6.48. The molecule has 5 aromatic rings. The van der Waals surface area contributed by atoms with Crippen LogP contribution in [0, 0.1) is 5.13 Å². The van der Waals surface area contributed by atoms with Gasteiger partial charge in [-0.15, -0.1) is 11.3 Å². The first-order valence-electron chi connectivity index (χ1n) is 9.75. The summed E-state index contributed by atoms with van der Waals surface area (Å²) in [6.45, 7) is 1.89. The van der Waals surface area contributed by atoms with Gasteiger partial charge in [0, 0.05) is 28.6 Å². The molecule has 1 aromatic carbocycles. The van der Waals surface area contributed by atoms with E-state index in [1.54, 1.807) is 12.3 Å². The Morgan fingerprint density at radius 1 is 1.10 bits per heavy atom. The highest BCUT2D eigenvalue weighted by atomic mass is 32.1. The molecule has 8 heteroatoms. The van der Waals surface area contributed by atoms with Crippen LogP contribution < -0.4 is 5.32 Å². The fourth-order valence-corrected chi connectivity index (χ4v) is 4.72. The lowest BCUT2D eigenvalue weighted by molar-refractivity contribution is 0.657. The van der Waals surface area contributed by atoms with Gasteiger partial charge in [0.1, 0.15) is 11.2 Å². The highest BCUT2D eigenvalue weighted by Crippen LogP contribution is 2.34. The van der Waals surface area contributed by atoms with Crippen LogP contribution in [0.5, 0.6) is 0 Å². The lowest BCUT2D eigenvalue weighted by atomic mass is 9.98. The summed E-state index contributed by atoms with van der Waals surface area (Å²) in [7, 11) is 0. The van der Waals surface area contributed by atoms with E-state index in [2.05, 4.69) is 49.8 Å². The Labute approximate surface area is 174 Å². The Kier molecular flexibility index (Phi) is 4.00. The summed E-state index contributed by atoms with van der Waals surface area (Å²) in [6, 6.07) is 11.5. The Morgan fingerprint density at radius 2 is 2.07 bits per heavy atom. The lowest BCUT2D eigenvalue weighted by Gasteiger charge is -2.14. The van der Waals surface area contributed by atoms with E-state index in [0.717, 1.165) is 57.9 Å². The number of rotatable bonds is 3. The van der Waals surface area contributed by atoms with Gasteiger partial charge >= 0.3 is 0 Å². The minimum Gasteiger partial charge on any atom is -0.321 e. The molecule has 1 aliphatic heterocycles. The number of fused-ring (bicyclic) bond motifs is 2. The number of halogens is 1. The average Bonchev–Trinajstić information content (AvgIpc) is 3.51. The number of benzene rings is 1. The van der Waals surface area contributed by atoms with Crippen molar-refractivity contribution in [2.24, 2.45) is 0 Å². The van der Waals surface area contributed by atoms with Crippen molar-refractivity contribution in [3.63, 3.8) is 0 Å². The maximum atomic E-state index is 13.6. The molecule has 0 saturated heterocycles. The van der Waals surface area contributed by atoms with Gasteiger partial charge in [0.25, 0.3) is 0 Å². The van der Waals surface area contributed by atoms with Crippen LogP contribution in [0.25, 0.3) is 49.6 Å². The van der Waals surface area contributed by atoms with E-state index in [0.29, 0.717) is 17.0 Å². The minimum atomic E-state index is -0.219. The third kappa shape index (κ3) is 2.84. The molecule has 6 rings (SSSR count). The second kappa shape index (κ2) is 6.86. The predicted molar refractivity (Wildman–Crippen MR) is 118 cm³/mol. The smallest absolute Gasteiger partial charge is 0.176 e. The van der Waals surface area contributed by atoms with Crippen LogP contribution in [-0.4, -0.2) is 38.2 Å². The predicted octanol–water partition coefficient (Wildman–Crippen LogP) is 4.75. The van der Waals surface area contributed by atoms with Crippen molar-refractivity contribution in [3.8, 4) is 22.0 Å². The number of imidazole rings is 1. The number of nitrogens with zero attached hydrogens (tertiary/aromatic N) is 3. The Hall–Kier alpha value is -3.36. The molecule has 3 N–H and O–H groups in total. The van der Waals surface area contributed by atoms with Gasteiger partial charge in [-0.05, 0) is 54.4 Å². The zero-order valence-corrected chi connectivity index (χ0v) is 16.7. The summed E-state index contributed by atoms with van der Waals surface area (Å²) >= 11 is 1.10. The summed E-state index contributed by atoms with van der Waals surface area (Å²) in [5, 5.41) is 11.8. The second-order valence-electron chi connectivity index (χ2n) is 7.26. The number of pyridine rings is 1. The van der Waals surface area contributed by atoms with Gasteiger partial charge in [-0.2, -0.15) is 9.49 Å². The molecule has 148 valence electrons. The van der Waals surface area contributed by atoms with Crippen molar-refractivity contribution in [2.75, 3.05) is 13.1 Å². The molecule has 0 saturated carbocycles. The van der Waals surface area contributed by atoms with E-state index in [4.69, 9.17) is 4.98 Å². The van der Waals surface area contributed by atoms with Crippen LogP contribution in [0.3, 0.4) is 0 Å². The van der Waals surface area contributed by atoms with Crippen molar-refractivity contribution in [1.29, 1.82) is 0 Å². The fraction of sp³-hybridized carbons (Fsp3) is 0.136.